The smallest absolute Gasteiger partial charge is 0.161 e. The summed E-state index contributed by atoms with van der Waals surface area (Å²) in [5.74, 6) is 1.52. The van der Waals surface area contributed by atoms with E-state index in [-0.39, 0.29) is 24.7 Å². The maximum Gasteiger partial charge on any atom is 0.161 e. The van der Waals surface area contributed by atoms with Crippen molar-refractivity contribution in [1.29, 1.82) is 0 Å². The van der Waals surface area contributed by atoms with Gasteiger partial charge in [0.05, 0.1) is 6.10 Å². The molecule has 0 radical (unpaired) electrons. The molecule has 19 heavy (non-hydrogen) atoms. The Morgan fingerprint density at radius 1 is 1.11 bits per heavy atom. The fourth-order valence-electron chi connectivity index (χ4n) is 1.65. The third-order valence-corrected chi connectivity index (χ3v) is 2.84. The Morgan fingerprint density at radius 2 is 1.68 bits per heavy atom. The number of rotatable bonds is 7. The molecule has 0 amide bonds. The molecule has 0 bridgehead atoms. The Morgan fingerprint density at radius 3 is 2.21 bits per heavy atom. The molecule has 1 rings (SSSR count). The first kappa shape index (κ1) is 15.8. The number of aliphatic hydroxyl groups is 1. The van der Waals surface area contributed by atoms with Crippen LogP contribution in [-0.4, -0.2) is 30.0 Å². The molecule has 0 saturated heterocycles. The van der Waals surface area contributed by atoms with Crippen LogP contribution in [0.1, 0.15) is 27.7 Å². The lowest BCUT2D eigenvalue weighted by Crippen LogP contribution is -2.42. The number of ether oxygens (including phenoxy) is 2. The van der Waals surface area contributed by atoms with Gasteiger partial charge in [-0.2, -0.15) is 0 Å². The lowest BCUT2D eigenvalue weighted by molar-refractivity contribution is 0.0694. The van der Waals surface area contributed by atoms with E-state index in [1.807, 2.05) is 52.0 Å². The fourth-order valence-corrected chi connectivity index (χ4v) is 1.65. The van der Waals surface area contributed by atoms with Crippen molar-refractivity contribution in [3.05, 3.63) is 24.3 Å². The molecule has 1 aromatic carbocycles. The van der Waals surface area contributed by atoms with Crippen LogP contribution >= 0.6 is 0 Å². The zero-order valence-electron chi connectivity index (χ0n) is 12.2. The van der Waals surface area contributed by atoms with Crippen molar-refractivity contribution in [3.8, 4) is 11.5 Å². The van der Waals surface area contributed by atoms with Crippen molar-refractivity contribution in [2.24, 2.45) is 11.7 Å². The molecular weight excluding hydrogens is 242 g/mol. The molecule has 0 aliphatic rings. The molecule has 0 fully saturated rings. The summed E-state index contributed by atoms with van der Waals surface area (Å²) in [6.45, 7) is 8.03. The van der Waals surface area contributed by atoms with Crippen LogP contribution in [0.4, 0.5) is 0 Å². The van der Waals surface area contributed by atoms with Crippen molar-refractivity contribution in [2.45, 2.75) is 45.9 Å². The van der Waals surface area contributed by atoms with Gasteiger partial charge in [0.15, 0.2) is 11.5 Å². The minimum absolute atomic E-state index is 0.0765. The second-order valence-electron chi connectivity index (χ2n) is 5.31. The van der Waals surface area contributed by atoms with Crippen LogP contribution < -0.4 is 15.2 Å². The third-order valence-electron chi connectivity index (χ3n) is 2.84. The van der Waals surface area contributed by atoms with Gasteiger partial charge in [0.25, 0.3) is 0 Å². The Balaban J connectivity index is 2.62. The SMILES string of the molecule is CC(C)Oc1ccccc1OCC(O)C(N)C(C)C. The van der Waals surface area contributed by atoms with E-state index < -0.39 is 6.10 Å². The van der Waals surface area contributed by atoms with Gasteiger partial charge in [-0.05, 0) is 31.9 Å². The molecule has 0 aliphatic heterocycles. The highest BCUT2D eigenvalue weighted by atomic mass is 16.5. The molecule has 4 heteroatoms. The summed E-state index contributed by atoms with van der Waals surface area (Å²) in [6.07, 6.45) is -0.611. The molecular formula is C15H25NO3. The van der Waals surface area contributed by atoms with Crippen LogP contribution in [-0.2, 0) is 0 Å². The van der Waals surface area contributed by atoms with Crippen molar-refractivity contribution in [1.82, 2.24) is 0 Å². The third kappa shape index (κ3) is 5.09. The molecule has 2 unspecified atom stereocenters. The van der Waals surface area contributed by atoms with Gasteiger partial charge in [-0.1, -0.05) is 26.0 Å². The second-order valence-corrected chi connectivity index (χ2v) is 5.31. The minimum atomic E-state index is -0.688. The van der Waals surface area contributed by atoms with E-state index in [4.69, 9.17) is 15.2 Å². The molecule has 0 heterocycles. The van der Waals surface area contributed by atoms with Gasteiger partial charge in [-0.15, -0.1) is 0 Å². The summed E-state index contributed by atoms with van der Waals surface area (Å²) in [6, 6.07) is 7.14. The standard InChI is InChI=1S/C15H25NO3/c1-10(2)15(16)12(17)9-18-13-7-5-6-8-14(13)19-11(3)4/h5-8,10-12,15,17H,9,16H2,1-4H3. The first-order chi connectivity index (χ1) is 8.91. The van der Waals surface area contributed by atoms with Gasteiger partial charge in [0, 0.05) is 6.04 Å². The lowest BCUT2D eigenvalue weighted by Gasteiger charge is -2.23. The topological polar surface area (TPSA) is 64.7 Å². The monoisotopic (exact) mass is 267 g/mol. The normalized spacial score (nSPS) is 14.5. The Labute approximate surface area is 115 Å². The molecule has 4 nitrogen and oxygen atoms in total. The van der Waals surface area contributed by atoms with Crippen LogP contribution in [0.5, 0.6) is 11.5 Å². The highest BCUT2D eigenvalue weighted by Gasteiger charge is 2.19. The summed E-state index contributed by atoms with van der Waals surface area (Å²) < 4.78 is 11.3. The second kappa shape index (κ2) is 7.36. The molecule has 0 saturated carbocycles. The van der Waals surface area contributed by atoms with E-state index in [0.717, 1.165) is 0 Å². The van der Waals surface area contributed by atoms with Crippen molar-refractivity contribution in [3.63, 3.8) is 0 Å². The highest BCUT2D eigenvalue weighted by molar-refractivity contribution is 5.39. The Bertz CT molecular complexity index is 379. The van der Waals surface area contributed by atoms with E-state index >= 15 is 0 Å². The van der Waals surface area contributed by atoms with E-state index in [9.17, 15) is 5.11 Å². The highest BCUT2D eigenvalue weighted by Crippen LogP contribution is 2.27. The summed E-state index contributed by atoms with van der Waals surface area (Å²) in [5.41, 5.74) is 5.88. The minimum Gasteiger partial charge on any atom is -0.487 e. The summed E-state index contributed by atoms with van der Waals surface area (Å²) in [7, 11) is 0. The number of aliphatic hydroxyl groups excluding tert-OH is 1. The fraction of sp³-hybridized carbons (Fsp3) is 0.600. The number of para-hydroxylation sites is 2. The maximum absolute atomic E-state index is 9.93. The van der Waals surface area contributed by atoms with Crippen molar-refractivity contribution in [2.75, 3.05) is 6.61 Å². The van der Waals surface area contributed by atoms with E-state index in [2.05, 4.69) is 0 Å². The molecule has 0 aliphatic carbocycles. The van der Waals surface area contributed by atoms with Gasteiger partial charge in [0.2, 0.25) is 0 Å². The zero-order chi connectivity index (χ0) is 14.4. The quantitative estimate of drug-likeness (QED) is 0.795. The largest absolute Gasteiger partial charge is 0.487 e. The predicted octanol–water partition coefficient (Wildman–Crippen LogP) is 2.20. The number of nitrogens with two attached hydrogens (primary N) is 1. The van der Waals surface area contributed by atoms with Crippen LogP contribution in [0.2, 0.25) is 0 Å². The molecule has 0 aromatic heterocycles. The van der Waals surface area contributed by atoms with Gasteiger partial charge >= 0.3 is 0 Å². The van der Waals surface area contributed by atoms with E-state index in [1.165, 1.54) is 0 Å². The van der Waals surface area contributed by atoms with Gasteiger partial charge < -0.3 is 20.3 Å². The molecule has 0 spiro atoms. The summed E-state index contributed by atoms with van der Waals surface area (Å²) in [5, 5.41) is 9.93. The van der Waals surface area contributed by atoms with Gasteiger partial charge in [0.1, 0.15) is 12.7 Å². The van der Waals surface area contributed by atoms with Gasteiger partial charge in [-0.3, -0.25) is 0 Å². The van der Waals surface area contributed by atoms with Crippen LogP contribution in [0, 0.1) is 5.92 Å². The maximum atomic E-state index is 9.93. The van der Waals surface area contributed by atoms with Gasteiger partial charge in [-0.25, -0.2) is 0 Å². The Hall–Kier alpha value is -1.26. The lowest BCUT2D eigenvalue weighted by atomic mass is 10.0. The molecule has 2 atom stereocenters. The van der Waals surface area contributed by atoms with Crippen LogP contribution in [0.15, 0.2) is 24.3 Å². The molecule has 1 aromatic rings. The Kier molecular flexibility index (Phi) is 6.12. The van der Waals surface area contributed by atoms with E-state index in [1.54, 1.807) is 0 Å². The van der Waals surface area contributed by atoms with E-state index in [0.29, 0.717) is 11.5 Å². The first-order valence-electron chi connectivity index (χ1n) is 6.74. The van der Waals surface area contributed by atoms with Crippen LogP contribution in [0.3, 0.4) is 0 Å². The first-order valence-corrected chi connectivity index (χ1v) is 6.74. The predicted molar refractivity (Wildman–Crippen MR) is 76.5 cm³/mol. The van der Waals surface area contributed by atoms with Crippen molar-refractivity contribution < 1.29 is 14.6 Å². The zero-order valence-corrected chi connectivity index (χ0v) is 12.2. The average Bonchev–Trinajstić information content (AvgIpc) is 2.35. The molecule has 3 N–H and O–H groups in total. The summed E-state index contributed by atoms with van der Waals surface area (Å²) >= 11 is 0. The molecule has 108 valence electrons. The number of hydrogen-bond donors (Lipinski definition) is 2. The van der Waals surface area contributed by atoms with Crippen LogP contribution in [0.25, 0.3) is 0 Å². The average molecular weight is 267 g/mol. The number of benzene rings is 1. The summed E-state index contributed by atoms with van der Waals surface area (Å²) in [4.78, 5) is 0. The van der Waals surface area contributed by atoms with Crippen molar-refractivity contribution >= 4 is 0 Å². The number of hydrogen-bond acceptors (Lipinski definition) is 4.